The monoisotopic (exact) mass is 263 g/mol. The summed E-state index contributed by atoms with van der Waals surface area (Å²) < 4.78 is 27.3. The van der Waals surface area contributed by atoms with Crippen molar-refractivity contribution in [1.82, 2.24) is 0 Å². The summed E-state index contributed by atoms with van der Waals surface area (Å²) in [5.74, 6) is -0.645. The first-order chi connectivity index (χ1) is 7.36. The van der Waals surface area contributed by atoms with E-state index in [-0.39, 0.29) is 15.9 Å². The van der Waals surface area contributed by atoms with E-state index in [0.717, 1.165) is 11.3 Å². The van der Waals surface area contributed by atoms with Gasteiger partial charge in [0.2, 0.25) is 10.0 Å². The molecule has 5 nitrogen and oxygen atoms in total. The highest BCUT2D eigenvalue weighted by Crippen LogP contribution is 2.22. The van der Waals surface area contributed by atoms with Crippen molar-refractivity contribution in [2.45, 2.75) is 31.3 Å². The third kappa shape index (κ3) is 3.03. The van der Waals surface area contributed by atoms with Gasteiger partial charge in [-0.25, -0.2) is 18.4 Å². The van der Waals surface area contributed by atoms with E-state index in [9.17, 15) is 13.2 Å². The van der Waals surface area contributed by atoms with Crippen LogP contribution >= 0.6 is 11.3 Å². The third-order valence-electron chi connectivity index (χ3n) is 2.00. The highest BCUT2D eigenvalue weighted by molar-refractivity contribution is 7.89. The number of hydrogen-bond acceptors (Lipinski definition) is 5. The minimum atomic E-state index is -3.87. The highest BCUT2D eigenvalue weighted by atomic mass is 32.2. The van der Waals surface area contributed by atoms with E-state index in [1.165, 1.54) is 11.4 Å². The van der Waals surface area contributed by atoms with E-state index >= 15 is 0 Å². The Labute approximate surface area is 98.3 Å². The van der Waals surface area contributed by atoms with Crippen LogP contribution in [0.3, 0.4) is 0 Å². The van der Waals surface area contributed by atoms with Crippen LogP contribution in [-0.2, 0) is 14.8 Å². The van der Waals surface area contributed by atoms with Crippen LogP contribution in [0.15, 0.2) is 16.3 Å². The zero-order valence-corrected chi connectivity index (χ0v) is 10.6. The molecule has 1 rings (SSSR count). The van der Waals surface area contributed by atoms with Crippen LogP contribution in [-0.4, -0.2) is 20.5 Å². The Morgan fingerprint density at radius 3 is 2.75 bits per heavy atom. The van der Waals surface area contributed by atoms with Crippen molar-refractivity contribution in [2.75, 3.05) is 0 Å². The van der Waals surface area contributed by atoms with E-state index in [1.54, 1.807) is 6.92 Å². The number of sulfonamides is 1. The summed E-state index contributed by atoms with van der Waals surface area (Å²) in [5.41, 5.74) is 0. The molecule has 0 fully saturated rings. The predicted molar refractivity (Wildman–Crippen MR) is 60.9 cm³/mol. The first-order valence-corrected chi connectivity index (χ1v) is 7.10. The summed E-state index contributed by atoms with van der Waals surface area (Å²) >= 11 is 1.00. The highest BCUT2D eigenvalue weighted by Gasteiger charge is 2.22. The van der Waals surface area contributed by atoms with Crippen LogP contribution < -0.4 is 5.14 Å². The number of hydrogen-bond donors (Lipinski definition) is 1. The number of thiophene rings is 1. The summed E-state index contributed by atoms with van der Waals surface area (Å²) in [6, 6.07) is 1.30. The maximum absolute atomic E-state index is 11.6. The van der Waals surface area contributed by atoms with Crippen LogP contribution in [0.4, 0.5) is 0 Å². The zero-order valence-electron chi connectivity index (χ0n) is 8.97. The van der Waals surface area contributed by atoms with E-state index in [2.05, 4.69) is 0 Å². The maximum atomic E-state index is 11.6. The second-order valence-corrected chi connectivity index (χ2v) is 5.73. The Balaban J connectivity index is 2.98. The lowest BCUT2D eigenvalue weighted by atomic mass is 10.3. The van der Waals surface area contributed by atoms with Gasteiger partial charge in [0, 0.05) is 0 Å². The fourth-order valence-electron chi connectivity index (χ4n) is 0.990. The second kappa shape index (κ2) is 4.94. The van der Waals surface area contributed by atoms with Crippen molar-refractivity contribution in [3.8, 4) is 0 Å². The van der Waals surface area contributed by atoms with Crippen molar-refractivity contribution in [3.05, 3.63) is 16.3 Å². The molecule has 0 aromatic carbocycles. The number of carbonyl (C=O) groups is 1. The predicted octanol–water partition coefficient (Wildman–Crippen LogP) is 1.35. The van der Waals surface area contributed by atoms with Gasteiger partial charge in [-0.3, -0.25) is 0 Å². The van der Waals surface area contributed by atoms with Crippen LogP contribution in [0.5, 0.6) is 0 Å². The summed E-state index contributed by atoms with van der Waals surface area (Å²) in [4.78, 5) is 11.5. The van der Waals surface area contributed by atoms with Gasteiger partial charge in [0.15, 0.2) is 0 Å². The van der Waals surface area contributed by atoms with Gasteiger partial charge in [0.25, 0.3) is 0 Å². The lowest BCUT2D eigenvalue weighted by Crippen LogP contribution is -2.18. The van der Waals surface area contributed by atoms with Gasteiger partial charge in [-0.2, -0.15) is 0 Å². The Morgan fingerprint density at radius 2 is 2.25 bits per heavy atom. The number of esters is 1. The van der Waals surface area contributed by atoms with Gasteiger partial charge in [0.05, 0.1) is 6.10 Å². The Bertz CT molecular complexity index is 477. The van der Waals surface area contributed by atoms with E-state index < -0.39 is 16.0 Å². The fourth-order valence-corrected chi connectivity index (χ4v) is 2.84. The molecule has 0 radical (unpaired) electrons. The smallest absolute Gasteiger partial charge is 0.349 e. The molecule has 0 aliphatic heterocycles. The van der Waals surface area contributed by atoms with Gasteiger partial charge in [-0.1, -0.05) is 6.92 Å². The molecule has 1 aromatic rings. The van der Waals surface area contributed by atoms with Crippen LogP contribution in [0, 0.1) is 0 Å². The van der Waals surface area contributed by atoms with Crippen LogP contribution in [0.1, 0.15) is 29.9 Å². The molecular weight excluding hydrogens is 250 g/mol. The minimum absolute atomic E-state index is 0.0304. The number of ether oxygens (including phenoxy) is 1. The Kier molecular flexibility index (Phi) is 4.06. The topological polar surface area (TPSA) is 86.5 Å². The Morgan fingerprint density at radius 1 is 1.62 bits per heavy atom. The molecule has 1 unspecified atom stereocenters. The number of rotatable bonds is 4. The molecule has 0 aliphatic carbocycles. The zero-order chi connectivity index (χ0) is 12.3. The Hall–Kier alpha value is -0.920. The van der Waals surface area contributed by atoms with Crippen molar-refractivity contribution >= 4 is 27.3 Å². The lowest BCUT2D eigenvalue weighted by Gasteiger charge is -2.10. The lowest BCUT2D eigenvalue weighted by molar-refractivity contribution is 0.0336. The van der Waals surface area contributed by atoms with E-state index in [0.29, 0.717) is 6.42 Å². The third-order valence-corrected chi connectivity index (χ3v) is 3.98. The quantitative estimate of drug-likeness (QED) is 0.831. The summed E-state index contributed by atoms with van der Waals surface area (Å²) in [5, 5.41) is 6.47. The van der Waals surface area contributed by atoms with Gasteiger partial charge < -0.3 is 4.74 Å². The maximum Gasteiger partial charge on any atom is 0.349 e. The first kappa shape index (κ1) is 13.1. The molecule has 0 aliphatic rings. The molecule has 7 heteroatoms. The molecule has 1 aromatic heterocycles. The molecule has 2 N–H and O–H groups in total. The number of primary sulfonamides is 1. The van der Waals surface area contributed by atoms with Crippen molar-refractivity contribution in [2.24, 2.45) is 5.14 Å². The largest absolute Gasteiger partial charge is 0.458 e. The average Bonchev–Trinajstić information content (AvgIpc) is 2.65. The summed E-state index contributed by atoms with van der Waals surface area (Å²) in [6.45, 7) is 3.61. The van der Waals surface area contributed by atoms with Crippen molar-refractivity contribution in [3.63, 3.8) is 0 Å². The van der Waals surface area contributed by atoms with Gasteiger partial charge in [-0.15, -0.1) is 11.3 Å². The molecule has 16 heavy (non-hydrogen) atoms. The molecule has 1 atom stereocenters. The molecule has 0 saturated heterocycles. The SMILES string of the molecule is CCC(C)OC(=O)c1sccc1S(N)(=O)=O. The molecule has 90 valence electrons. The van der Waals surface area contributed by atoms with Gasteiger partial charge >= 0.3 is 5.97 Å². The van der Waals surface area contributed by atoms with E-state index in [1.807, 2.05) is 6.92 Å². The van der Waals surface area contributed by atoms with Crippen LogP contribution in [0.25, 0.3) is 0 Å². The average molecular weight is 263 g/mol. The molecule has 0 saturated carbocycles. The molecule has 0 spiro atoms. The molecule has 0 amide bonds. The standard InChI is InChI=1S/C9H13NO4S2/c1-3-6(2)14-9(11)8-7(4-5-15-8)16(10,12)13/h4-6H,3H2,1-2H3,(H2,10,12,13). The second-order valence-electron chi connectivity index (χ2n) is 3.28. The summed E-state index contributed by atoms with van der Waals surface area (Å²) in [7, 11) is -3.87. The van der Waals surface area contributed by atoms with Crippen molar-refractivity contribution in [1.29, 1.82) is 0 Å². The minimum Gasteiger partial charge on any atom is -0.458 e. The first-order valence-electron chi connectivity index (χ1n) is 4.67. The van der Waals surface area contributed by atoms with Crippen molar-refractivity contribution < 1.29 is 17.9 Å². The summed E-state index contributed by atoms with van der Waals surface area (Å²) in [6.07, 6.45) is 0.421. The molecular formula is C9H13NO4S2. The van der Waals surface area contributed by atoms with Gasteiger partial charge in [-0.05, 0) is 24.8 Å². The molecule has 0 bridgehead atoms. The normalized spacial score (nSPS) is 13.4. The van der Waals surface area contributed by atoms with Gasteiger partial charge in [0.1, 0.15) is 9.77 Å². The van der Waals surface area contributed by atoms with E-state index in [4.69, 9.17) is 9.88 Å². The number of carbonyl (C=O) groups excluding carboxylic acids is 1. The molecule has 1 heterocycles. The van der Waals surface area contributed by atoms with Crippen LogP contribution in [0.2, 0.25) is 0 Å². The number of nitrogens with two attached hydrogens (primary N) is 1. The fraction of sp³-hybridized carbons (Fsp3) is 0.444.